The van der Waals surface area contributed by atoms with Crippen LogP contribution in [0.3, 0.4) is 0 Å². The van der Waals surface area contributed by atoms with E-state index in [4.69, 9.17) is 13.6 Å². The van der Waals surface area contributed by atoms with Crippen LogP contribution in [-0.2, 0) is 31.0 Å². The summed E-state index contributed by atoms with van der Waals surface area (Å²) in [6, 6.07) is 16.9. The molecule has 0 fully saturated rings. The molecule has 1 aromatic heterocycles. The van der Waals surface area contributed by atoms with Crippen LogP contribution in [0.25, 0.3) is 11.1 Å². The van der Waals surface area contributed by atoms with Crippen molar-refractivity contribution in [2.75, 3.05) is 19.5 Å². The van der Waals surface area contributed by atoms with Gasteiger partial charge in [-0.25, -0.2) is 0 Å². The molecule has 0 unspecified atom stereocenters. The first-order valence-corrected chi connectivity index (χ1v) is 10.8. The molecule has 29 heavy (non-hydrogen) atoms. The van der Waals surface area contributed by atoms with Crippen LogP contribution >= 0.6 is 7.60 Å². The highest BCUT2D eigenvalue weighted by Gasteiger charge is 2.21. The molecule has 3 rings (SSSR count). The quantitative estimate of drug-likeness (QED) is 0.501. The lowest BCUT2D eigenvalue weighted by Crippen LogP contribution is -2.12. The highest BCUT2D eigenvalue weighted by Crippen LogP contribution is 2.49. The number of rotatable bonds is 9. The Hall–Kier alpha value is -2.73. The number of aryl methyl sites for hydroxylation is 1. The maximum atomic E-state index is 12.3. The average Bonchev–Trinajstić information content (AvgIpc) is 3.23. The van der Waals surface area contributed by atoms with Gasteiger partial charge in [-0.15, -0.1) is 0 Å². The van der Waals surface area contributed by atoms with Crippen LogP contribution in [0.5, 0.6) is 0 Å². The molecule has 0 aliphatic carbocycles. The molecule has 1 N–H and O–H groups in total. The zero-order chi connectivity index (χ0) is 20.7. The summed E-state index contributed by atoms with van der Waals surface area (Å²) in [6.45, 7) is 0. The van der Waals surface area contributed by atoms with Gasteiger partial charge in [0.2, 0.25) is 5.91 Å². The molecule has 0 atom stereocenters. The third kappa shape index (κ3) is 5.64. The zero-order valence-corrected chi connectivity index (χ0v) is 17.2. The maximum Gasteiger partial charge on any atom is 0.334 e. The van der Waals surface area contributed by atoms with Crippen LogP contribution in [0.15, 0.2) is 65.3 Å². The third-order valence-corrected chi connectivity index (χ3v) is 6.34. The minimum atomic E-state index is -3.12. The van der Waals surface area contributed by atoms with Crippen LogP contribution < -0.4 is 5.32 Å². The van der Waals surface area contributed by atoms with Gasteiger partial charge in [-0.3, -0.25) is 9.36 Å². The molecule has 2 aromatic carbocycles. The second-order valence-electron chi connectivity index (χ2n) is 6.41. The second kappa shape index (κ2) is 9.65. The summed E-state index contributed by atoms with van der Waals surface area (Å²) in [5.74, 6) is 0.546. The Bertz CT molecular complexity index is 978. The number of anilines is 1. The number of nitrogens with zero attached hydrogens (tertiary/aromatic N) is 1. The molecule has 7 nitrogen and oxygen atoms in total. The van der Waals surface area contributed by atoms with Crippen LogP contribution in [0.4, 0.5) is 5.69 Å². The highest BCUT2D eigenvalue weighted by molar-refractivity contribution is 7.52. The molecule has 0 radical (unpaired) electrons. The molecule has 8 heteroatoms. The fraction of sp³-hybridized carbons (Fsp3) is 0.238. The molecule has 0 saturated carbocycles. The Balaban J connectivity index is 1.56. The van der Waals surface area contributed by atoms with E-state index in [-0.39, 0.29) is 18.5 Å². The summed E-state index contributed by atoms with van der Waals surface area (Å²) in [5.41, 5.74) is 3.35. The number of aromatic nitrogens is 1. The molecule has 1 heterocycles. The number of benzene rings is 2. The first kappa shape index (κ1) is 21.0. The van der Waals surface area contributed by atoms with Crippen LogP contribution in [-0.4, -0.2) is 25.3 Å². The lowest BCUT2D eigenvalue weighted by molar-refractivity contribution is -0.116. The topological polar surface area (TPSA) is 90.7 Å². The number of amides is 1. The number of carbonyl (C=O) groups is 1. The average molecular weight is 414 g/mol. The zero-order valence-electron chi connectivity index (χ0n) is 16.3. The molecular formula is C21H23N2O5P. The lowest BCUT2D eigenvalue weighted by Gasteiger charge is -2.13. The predicted octanol–water partition coefficient (Wildman–Crippen LogP) is 4.90. The Labute approximate surface area is 169 Å². The summed E-state index contributed by atoms with van der Waals surface area (Å²) in [5, 5.41) is 6.71. The highest BCUT2D eigenvalue weighted by atomic mass is 31.2. The van der Waals surface area contributed by atoms with Gasteiger partial charge in [0, 0.05) is 38.3 Å². The van der Waals surface area contributed by atoms with E-state index in [1.54, 1.807) is 30.5 Å². The van der Waals surface area contributed by atoms with E-state index in [9.17, 15) is 9.36 Å². The van der Waals surface area contributed by atoms with Crippen molar-refractivity contribution in [3.05, 3.63) is 72.1 Å². The van der Waals surface area contributed by atoms with Gasteiger partial charge in [0.1, 0.15) is 5.76 Å². The fourth-order valence-corrected chi connectivity index (χ4v) is 3.93. The molecule has 0 aliphatic heterocycles. The summed E-state index contributed by atoms with van der Waals surface area (Å²) in [7, 11) is -0.403. The van der Waals surface area contributed by atoms with Gasteiger partial charge >= 0.3 is 7.60 Å². The van der Waals surface area contributed by atoms with E-state index in [0.717, 1.165) is 16.7 Å². The fourth-order valence-electron chi connectivity index (χ4n) is 2.87. The van der Waals surface area contributed by atoms with Gasteiger partial charge < -0.3 is 18.9 Å². The van der Waals surface area contributed by atoms with Gasteiger partial charge in [-0.2, -0.15) is 0 Å². The van der Waals surface area contributed by atoms with Crippen molar-refractivity contribution in [1.29, 1.82) is 0 Å². The first-order valence-electron chi connectivity index (χ1n) is 9.11. The van der Waals surface area contributed by atoms with Gasteiger partial charge in [0.15, 0.2) is 0 Å². The van der Waals surface area contributed by atoms with Crippen molar-refractivity contribution in [2.24, 2.45) is 0 Å². The summed E-state index contributed by atoms with van der Waals surface area (Å²) in [4.78, 5) is 12.3. The predicted molar refractivity (Wildman–Crippen MR) is 111 cm³/mol. The lowest BCUT2D eigenvalue weighted by atomic mass is 10.0. The van der Waals surface area contributed by atoms with Crippen LogP contribution in [0.2, 0.25) is 0 Å². The van der Waals surface area contributed by atoms with E-state index in [2.05, 4.69) is 10.5 Å². The Kier molecular flexibility index (Phi) is 6.99. The Morgan fingerprint density at radius 2 is 1.76 bits per heavy atom. The van der Waals surface area contributed by atoms with Gasteiger partial charge in [0.05, 0.1) is 12.4 Å². The van der Waals surface area contributed by atoms with Crippen molar-refractivity contribution in [3.8, 4) is 11.1 Å². The normalized spacial score (nSPS) is 11.4. The smallest absolute Gasteiger partial charge is 0.334 e. The number of carbonyl (C=O) groups excluding carboxylic acids is 1. The van der Waals surface area contributed by atoms with Crippen molar-refractivity contribution in [2.45, 2.75) is 19.0 Å². The van der Waals surface area contributed by atoms with Gasteiger partial charge in [-0.05, 0) is 23.3 Å². The third-order valence-electron chi connectivity index (χ3n) is 4.48. The molecular weight excluding hydrogens is 391 g/mol. The maximum absolute atomic E-state index is 12.3. The summed E-state index contributed by atoms with van der Waals surface area (Å²) < 4.78 is 27.4. The largest absolute Gasteiger partial charge is 0.361 e. The van der Waals surface area contributed by atoms with Crippen LogP contribution in [0.1, 0.15) is 17.7 Å². The van der Waals surface area contributed by atoms with Crippen molar-refractivity contribution < 1.29 is 22.9 Å². The van der Waals surface area contributed by atoms with Crippen molar-refractivity contribution >= 4 is 19.2 Å². The molecule has 0 aliphatic rings. The second-order valence-corrected chi connectivity index (χ2v) is 8.68. The molecule has 1 amide bonds. The molecule has 0 bridgehead atoms. The van der Waals surface area contributed by atoms with E-state index < -0.39 is 7.60 Å². The number of hydrogen-bond donors (Lipinski definition) is 1. The molecule has 152 valence electrons. The summed E-state index contributed by atoms with van der Waals surface area (Å²) >= 11 is 0. The van der Waals surface area contributed by atoms with Gasteiger partial charge in [-0.1, -0.05) is 47.6 Å². The summed E-state index contributed by atoms with van der Waals surface area (Å²) in [6.07, 6.45) is 2.54. The van der Waals surface area contributed by atoms with E-state index in [0.29, 0.717) is 17.9 Å². The molecule has 0 spiro atoms. The molecule has 0 saturated heterocycles. The van der Waals surface area contributed by atoms with E-state index >= 15 is 0 Å². The van der Waals surface area contributed by atoms with Gasteiger partial charge in [0.25, 0.3) is 0 Å². The Morgan fingerprint density at radius 1 is 1.07 bits per heavy atom. The van der Waals surface area contributed by atoms with Crippen LogP contribution in [0, 0.1) is 0 Å². The SMILES string of the molecule is COP(=O)(Cc1ccc(NC(=O)CCc2oncc2-c2ccccc2)cc1)OC. The Morgan fingerprint density at radius 3 is 2.41 bits per heavy atom. The first-order chi connectivity index (χ1) is 14.0. The van der Waals surface area contributed by atoms with E-state index in [1.165, 1.54) is 14.2 Å². The van der Waals surface area contributed by atoms with Crippen molar-refractivity contribution in [1.82, 2.24) is 5.16 Å². The van der Waals surface area contributed by atoms with Crippen molar-refractivity contribution in [3.63, 3.8) is 0 Å². The van der Waals surface area contributed by atoms with E-state index in [1.807, 2.05) is 30.3 Å². The minimum absolute atomic E-state index is 0.132. The standard InChI is InChI=1S/C21H23N2O5P/c1-26-29(25,27-2)15-16-8-10-18(11-9-16)23-21(24)13-12-20-19(14-22-28-20)17-6-4-3-5-7-17/h3-11,14H,12-13,15H2,1-2H3,(H,23,24). The minimum Gasteiger partial charge on any atom is -0.361 e. The monoisotopic (exact) mass is 414 g/mol. The number of hydrogen-bond acceptors (Lipinski definition) is 6. The molecule has 3 aromatic rings. The number of nitrogens with one attached hydrogen (secondary N) is 1.